The number of benzene rings is 2. The molecule has 2 aromatic carbocycles. The predicted octanol–water partition coefficient (Wildman–Crippen LogP) is 3.44. The molecule has 4 heterocycles. The van der Waals surface area contributed by atoms with Crippen LogP contribution in [0.1, 0.15) is 27.9 Å². The van der Waals surface area contributed by atoms with Gasteiger partial charge in [0.1, 0.15) is 11.6 Å². The van der Waals surface area contributed by atoms with E-state index in [1.165, 1.54) is 27.9 Å². The first-order valence-corrected chi connectivity index (χ1v) is 12.7. The summed E-state index contributed by atoms with van der Waals surface area (Å²) >= 11 is 0. The average Bonchev–Trinajstić information content (AvgIpc) is 2.93. The van der Waals surface area contributed by atoms with Crippen LogP contribution in [0.25, 0.3) is 0 Å². The molecule has 0 atom stereocenters. The Labute approximate surface area is 207 Å². The molecule has 0 radical (unpaired) electrons. The number of morpholine rings is 1. The molecule has 7 nitrogen and oxygen atoms in total. The van der Waals surface area contributed by atoms with Crippen molar-refractivity contribution in [1.82, 2.24) is 14.9 Å². The van der Waals surface area contributed by atoms with Crippen LogP contribution in [-0.2, 0) is 37.2 Å². The lowest BCUT2D eigenvalue weighted by molar-refractivity contribution is 0.122. The van der Waals surface area contributed by atoms with Gasteiger partial charge in [-0.2, -0.15) is 4.98 Å². The number of ether oxygens (including phenoxy) is 2. The van der Waals surface area contributed by atoms with Crippen molar-refractivity contribution in [2.45, 2.75) is 32.5 Å². The molecule has 1 fully saturated rings. The van der Waals surface area contributed by atoms with Crippen molar-refractivity contribution < 1.29 is 9.47 Å². The van der Waals surface area contributed by atoms with E-state index in [9.17, 15) is 0 Å². The molecule has 6 rings (SSSR count). The van der Waals surface area contributed by atoms with Gasteiger partial charge in [0.2, 0.25) is 5.95 Å². The van der Waals surface area contributed by atoms with Crippen molar-refractivity contribution in [1.29, 1.82) is 0 Å². The maximum atomic E-state index is 5.66. The molecule has 0 bridgehead atoms. The van der Waals surface area contributed by atoms with E-state index in [1.54, 1.807) is 7.11 Å². The summed E-state index contributed by atoms with van der Waals surface area (Å²) in [5.41, 5.74) is 6.52. The average molecular weight is 472 g/mol. The van der Waals surface area contributed by atoms with Crippen molar-refractivity contribution in [3.63, 3.8) is 0 Å². The molecular formula is C28H33N5O2. The van der Waals surface area contributed by atoms with E-state index in [1.807, 2.05) is 12.1 Å². The fraction of sp³-hybridized carbons (Fsp3) is 0.429. The van der Waals surface area contributed by atoms with E-state index in [2.05, 4.69) is 51.1 Å². The minimum absolute atomic E-state index is 0.746. The summed E-state index contributed by atoms with van der Waals surface area (Å²) in [6.07, 6.45) is 1.97. The number of rotatable bonds is 5. The molecule has 0 unspecified atom stereocenters. The van der Waals surface area contributed by atoms with Gasteiger partial charge in [0.05, 0.1) is 26.0 Å². The highest BCUT2D eigenvalue weighted by atomic mass is 16.5. The van der Waals surface area contributed by atoms with Crippen LogP contribution < -0.4 is 14.5 Å². The largest absolute Gasteiger partial charge is 0.496 e. The summed E-state index contributed by atoms with van der Waals surface area (Å²) in [5, 5.41) is 0. The molecule has 1 aromatic heterocycles. The Morgan fingerprint density at radius 2 is 1.63 bits per heavy atom. The number of hydrogen-bond donors (Lipinski definition) is 0. The summed E-state index contributed by atoms with van der Waals surface area (Å²) in [4.78, 5) is 17.6. The van der Waals surface area contributed by atoms with Crippen molar-refractivity contribution in [2.75, 3.05) is 56.3 Å². The van der Waals surface area contributed by atoms with Gasteiger partial charge in [-0.05, 0) is 23.6 Å². The molecule has 182 valence electrons. The summed E-state index contributed by atoms with van der Waals surface area (Å²) < 4.78 is 11.3. The lowest BCUT2D eigenvalue weighted by Gasteiger charge is -2.36. The molecule has 0 aliphatic carbocycles. The zero-order valence-electron chi connectivity index (χ0n) is 20.4. The second-order valence-corrected chi connectivity index (χ2v) is 9.58. The van der Waals surface area contributed by atoms with E-state index < -0.39 is 0 Å². The minimum Gasteiger partial charge on any atom is -0.496 e. The number of fused-ring (bicyclic) bond motifs is 2. The SMILES string of the molecule is COc1ccccc1CN1CCc2nc(N3CCc4ccccc4C3)nc(N3CCOCC3)c2C1. The smallest absolute Gasteiger partial charge is 0.227 e. The second-order valence-electron chi connectivity index (χ2n) is 9.58. The van der Waals surface area contributed by atoms with Crippen molar-refractivity contribution >= 4 is 11.8 Å². The van der Waals surface area contributed by atoms with Crippen LogP contribution in [0.2, 0.25) is 0 Å². The van der Waals surface area contributed by atoms with Gasteiger partial charge in [0.15, 0.2) is 0 Å². The minimum atomic E-state index is 0.746. The first-order valence-electron chi connectivity index (χ1n) is 12.7. The normalized spacial score (nSPS) is 18.2. The second kappa shape index (κ2) is 9.84. The number of aromatic nitrogens is 2. The van der Waals surface area contributed by atoms with Gasteiger partial charge in [-0.3, -0.25) is 4.90 Å². The van der Waals surface area contributed by atoms with Gasteiger partial charge in [0, 0.05) is 63.4 Å². The van der Waals surface area contributed by atoms with Gasteiger partial charge >= 0.3 is 0 Å². The molecule has 35 heavy (non-hydrogen) atoms. The summed E-state index contributed by atoms with van der Waals surface area (Å²) in [7, 11) is 1.75. The maximum absolute atomic E-state index is 5.66. The highest BCUT2D eigenvalue weighted by Crippen LogP contribution is 2.32. The van der Waals surface area contributed by atoms with Crippen molar-refractivity contribution in [3.8, 4) is 5.75 Å². The quantitative estimate of drug-likeness (QED) is 0.565. The maximum Gasteiger partial charge on any atom is 0.227 e. The molecule has 1 saturated heterocycles. The molecule has 3 aliphatic heterocycles. The standard InChI is InChI=1S/C28H33N5O2/c1-34-26-9-5-4-8-23(26)18-31-12-11-25-24(20-31)27(32-14-16-35-17-15-32)30-28(29-25)33-13-10-21-6-2-3-7-22(21)19-33/h2-9H,10-20H2,1H3. The van der Waals surface area contributed by atoms with Crippen LogP contribution in [0, 0.1) is 0 Å². The number of para-hydroxylation sites is 1. The summed E-state index contributed by atoms with van der Waals surface area (Å²) in [6.45, 7) is 7.76. The Kier molecular flexibility index (Phi) is 6.27. The van der Waals surface area contributed by atoms with Gasteiger partial charge in [0.25, 0.3) is 0 Å². The predicted molar refractivity (Wildman–Crippen MR) is 137 cm³/mol. The number of nitrogens with zero attached hydrogens (tertiary/aromatic N) is 5. The Morgan fingerprint density at radius 3 is 2.49 bits per heavy atom. The first kappa shape index (κ1) is 22.3. The van der Waals surface area contributed by atoms with E-state index in [0.29, 0.717) is 0 Å². The molecule has 3 aromatic rings. The van der Waals surface area contributed by atoms with E-state index in [0.717, 1.165) is 89.4 Å². The molecule has 0 N–H and O–H groups in total. The molecule has 0 spiro atoms. The highest BCUT2D eigenvalue weighted by Gasteiger charge is 2.28. The number of anilines is 2. The van der Waals surface area contributed by atoms with Crippen LogP contribution >= 0.6 is 0 Å². The number of hydrogen-bond acceptors (Lipinski definition) is 7. The zero-order chi connectivity index (χ0) is 23.6. The lowest BCUT2D eigenvalue weighted by atomic mass is 10.00. The van der Waals surface area contributed by atoms with Gasteiger partial charge in [-0.25, -0.2) is 4.98 Å². The highest BCUT2D eigenvalue weighted by molar-refractivity contribution is 5.55. The topological polar surface area (TPSA) is 54.0 Å². The summed E-state index contributed by atoms with van der Waals surface area (Å²) in [5.74, 6) is 2.92. The van der Waals surface area contributed by atoms with Crippen LogP contribution in [0.15, 0.2) is 48.5 Å². The first-order chi connectivity index (χ1) is 17.3. The third kappa shape index (κ3) is 4.58. The van der Waals surface area contributed by atoms with Crippen LogP contribution in [0.3, 0.4) is 0 Å². The Balaban J connectivity index is 1.31. The van der Waals surface area contributed by atoms with Gasteiger partial charge in [-0.15, -0.1) is 0 Å². The third-order valence-electron chi connectivity index (χ3n) is 7.42. The van der Waals surface area contributed by atoms with E-state index in [4.69, 9.17) is 19.4 Å². The van der Waals surface area contributed by atoms with Crippen LogP contribution in [0.4, 0.5) is 11.8 Å². The summed E-state index contributed by atoms with van der Waals surface area (Å²) in [6, 6.07) is 17.1. The monoisotopic (exact) mass is 471 g/mol. The molecule has 0 saturated carbocycles. The number of methoxy groups -OCH3 is 1. The van der Waals surface area contributed by atoms with Gasteiger partial charge < -0.3 is 19.3 Å². The lowest BCUT2D eigenvalue weighted by Crippen LogP contribution is -2.40. The van der Waals surface area contributed by atoms with E-state index >= 15 is 0 Å². The third-order valence-corrected chi connectivity index (χ3v) is 7.42. The molecule has 3 aliphatic rings. The van der Waals surface area contributed by atoms with Gasteiger partial charge in [-0.1, -0.05) is 42.5 Å². The molecule has 7 heteroatoms. The van der Waals surface area contributed by atoms with Crippen molar-refractivity contribution in [3.05, 3.63) is 76.5 Å². The van der Waals surface area contributed by atoms with E-state index in [-0.39, 0.29) is 0 Å². The molecular weight excluding hydrogens is 438 g/mol. The Hall–Kier alpha value is -3.16. The Bertz CT molecular complexity index is 1190. The molecule has 0 amide bonds. The zero-order valence-corrected chi connectivity index (χ0v) is 20.4. The van der Waals surface area contributed by atoms with Crippen molar-refractivity contribution in [2.24, 2.45) is 0 Å². The fourth-order valence-corrected chi connectivity index (χ4v) is 5.49. The van der Waals surface area contributed by atoms with Crippen LogP contribution in [0.5, 0.6) is 5.75 Å². The Morgan fingerprint density at radius 1 is 0.829 bits per heavy atom. The fourth-order valence-electron chi connectivity index (χ4n) is 5.49. The van der Waals surface area contributed by atoms with Crippen LogP contribution in [-0.4, -0.2) is 61.4 Å².